The van der Waals surface area contributed by atoms with Gasteiger partial charge >= 0.3 is 0 Å². The molecule has 1 fully saturated rings. The number of hydrogen-bond donors (Lipinski definition) is 1. The van der Waals surface area contributed by atoms with E-state index in [-0.39, 0.29) is 12.1 Å². The van der Waals surface area contributed by atoms with Gasteiger partial charge in [0.05, 0.1) is 18.8 Å². The molecule has 1 saturated carbocycles. The van der Waals surface area contributed by atoms with E-state index in [0.29, 0.717) is 0 Å². The zero-order chi connectivity index (χ0) is 15.1. The SMILES string of the molecule is CCNC(COCCC1CC1)c1ccc(OC(C)C)cc1. The third-order valence-electron chi connectivity index (χ3n) is 3.76. The van der Waals surface area contributed by atoms with Crippen LogP contribution in [0.3, 0.4) is 0 Å². The van der Waals surface area contributed by atoms with Gasteiger partial charge in [-0.3, -0.25) is 0 Å². The lowest BCUT2D eigenvalue weighted by Gasteiger charge is -2.19. The van der Waals surface area contributed by atoms with Crippen LogP contribution in [0.1, 0.15) is 51.6 Å². The molecule has 1 aromatic carbocycles. The van der Waals surface area contributed by atoms with Crippen molar-refractivity contribution in [1.82, 2.24) is 5.32 Å². The second kappa shape index (κ2) is 8.40. The van der Waals surface area contributed by atoms with Crippen LogP contribution in [0.5, 0.6) is 5.75 Å². The van der Waals surface area contributed by atoms with E-state index in [2.05, 4.69) is 24.4 Å². The molecule has 21 heavy (non-hydrogen) atoms. The molecule has 1 aliphatic rings. The number of hydrogen-bond acceptors (Lipinski definition) is 3. The predicted octanol–water partition coefficient (Wildman–Crippen LogP) is 3.94. The first-order valence-electron chi connectivity index (χ1n) is 8.26. The van der Waals surface area contributed by atoms with Gasteiger partial charge in [0.2, 0.25) is 0 Å². The van der Waals surface area contributed by atoms with Gasteiger partial charge in [-0.25, -0.2) is 0 Å². The minimum atomic E-state index is 0.214. The highest BCUT2D eigenvalue weighted by molar-refractivity contribution is 5.29. The maximum Gasteiger partial charge on any atom is 0.119 e. The van der Waals surface area contributed by atoms with E-state index < -0.39 is 0 Å². The highest BCUT2D eigenvalue weighted by Gasteiger charge is 2.20. The Morgan fingerprint density at radius 1 is 1.19 bits per heavy atom. The summed E-state index contributed by atoms with van der Waals surface area (Å²) in [6.07, 6.45) is 4.24. The number of benzene rings is 1. The molecule has 1 aromatic rings. The average molecular weight is 291 g/mol. The molecule has 3 heteroatoms. The quantitative estimate of drug-likeness (QED) is 0.662. The fraction of sp³-hybridized carbons (Fsp3) is 0.667. The Labute approximate surface area is 129 Å². The molecule has 1 unspecified atom stereocenters. The fourth-order valence-electron chi connectivity index (χ4n) is 2.43. The van der Waals surface area contributed by atoms with Crippen LogP contribution in [0.25, 0.3) is 0 Å². The molecule has 2 rings (SSSR count). The highest BCUT2D eigenvalue weighted by atomic mass is 16.5. The van der Waals surface area contributed by atoms with E-state index in [1.54, 1.807) is 0 Å². The van der Waals surface area contributed by atoms with Gasteiger partial charge in [0.1, 0.15) is 5.75 Å². The van der Waals surface area contributed by atoms with Gasteiger partial charge in [0.15, 0.2) is 0 Å². The van der Waals surface area contributed by atoms with Crippen molar-refractivity contribution >= 4 is 0 Å². The van der Waals surface area contributed by atoms with Gasteiger partial charge in [-0.05, 0) is 50.4 Å². The lowest BCUT2D eigenvalue weighted by molar-refractivity contribution is 0.106. The first kappa shape index (κ1) is 16.3. The fourth-order valence-corrected chi connectivity index (χ4v) is 2.43. The molecule has 1 atom stereocenters. The second-order valence-electron chi connectivity index (χ2n) is 6.15. The van der Waals surface area contributed by atoms with Crippen LogP contribution in [0.4, 0.5) is 0 Å². The number of rotatable bonds is 10. The molecule has 0 aromatic heterocycles. The molecule has 118 valence electrons. The molecule has 3 nitrogen and oxygen atoms in total. The molecule has 0 heterocycles. The zero-order valence-corrected chi connectivity index (χ0v) is 13.6. The van der Waals surface area contributed by atoms with Crippen molar-refractivity contribution in [2.45, 2.75) is 52.2 Å². The van der Waals surface area contributed by atoms with Crippen molar-refractivity contribution in [1.29, 1.82) is 0 Å². The van der Waals surface area contributed by atoms with Crippen LogP contribution < -0.4 is 10.1 Å². The number of ether oxygens (including phenoxy) is 2. The van der Waals surface area contributed by atoms with Crippen molar-refractivity contribution in [2.24, 2.45) is 5.92 Å². The third-order valence-corrected chi connectivity index (χ3v) is 3.76. The molecule has 1 aliphatic carbocycles. The van der Waals surface area contributed by atoms with Crippen molar-refractivity contribution in [3.05, 3.63) is 29.8 Å². The molecule has 0 amide bonds. The van der Waals surface area contributed by atoms with Crippen LogP contribution >= 0.6 is 0 Å². The second-order valence-corrected chi connectivity index (χ2v) is 6.15. The van der Waals surface area contributed by atoms with E-state index >= 15 is 0 Å². The van der Waals surface area contributed by atoms with Crippen molar-refractivity contribution in [3.63, 3.8) is 0 Å². The molecule has 1 N–H and O–H groups in total. The van der Waals surface area contributed by atoms with Crippen molar-refractivity contribution < 1.29 is 9.47 Å². The zero-order valence-electron chi connectivity index (χ0n) is 13.6. The van der Waals surface area contributed by atoms with E-state index in [1.165, 1.54) is 24.8 Å². The number of nitrogens with one attached hydrogen (secondary N) is 1. The van der Waals surface area contributed by atoms with Gasteiger partial charge in [-0.2, -0.15) is 0 Å². The molecule has 0 radical (unpaired) electrons. The minimum absolute atomic E-state index is 0.214. The minimum Gasteiger partial charge on any atom is -0.491 e. The molecule has 0 aliphatic heterocycles. The van der Waals surface area contributed by atoms with E-state index in [9.17, 15) is 0 Å². The largest absolute Gasteiger partial charge is 0.491 e. The summed E-state index contributed by atoms with van der Waals surface area (Å²) in [7, 11) is 0. The summed E-state index contributed by atoms with van der Waals surface area (Å²) >= 11 is 0. The molecular weight excluding hydrogens is 262 g/mol. The van der Waals surface area contributed by atoms with Crippen LogP contribution in [0.15, 0.2) is 24.3 Å². The van der Waals surface area contributed by atoms with Crippen molar-refractivity contribution in [2.75, 3.05) is 19.8 Å². The van der Waals surface area contributed by atoms with Crippen LogP contribution in [0.2, 0.25) is 0 Å². The topological polar surface area (TPSA) is 30.5 Å². The summed E-state index contributed by atoms with van der Waals surface area (Å²) in [4.78, 5) is 0. The number of likely N-dealkylation sites (N-methyl/N-ethyl adjacent to an activating group) is 1. The maximum atomic E-state index is 5.85. The Hall–Kier alpha value is -1.06. The summed E-state index contributed by atoms with van der Waals surface area (Å²) in [5.41, 5.74) is 1.26. The summed E-state index contributed by atoms with van der Waals surface area (Å²) in [6, 6.07) is 8.63. The van der Waals surface area contributed by atoms with Crippen LogP contribution in [-0.2, 0) is 4.74 Å². The first-order valence-corrected chi connectivity index (χ1v) is 8.26. The summed E-state index contributed by atoms with van der Waals surface area (Å²) in [5.74, 6) is 1.87. The Morgan fingerprint density at radius 3 is 2.48 bits per heavy atom. The van der Waals surface area contributed by atoms with Crippen LogP contribution in [-0.4, -0.2) is 25.9 Å². The van der Waals surface area contributed by atoms with E-state index in [4.69, 9.17) is 9.47 Å². The monoisotopic (exact) mass is 291 g/mol. The highest BCUT2D eigenvalue weighted by Crippen LogP contribution is 2.32. The average Bonchev–Trinajstić information content (AvgIpc) is 3.27. The molecular formula is C18H29NO2. The summed E-state index contributed by atoms with van der Waals surface area (Å²) in [5, 5.41) is 3.50. The van der Waals surface area contributed by atoms with Gasteiger partial charge in [-0.15, -0.1) is 0 Å². The first-order chi connectivity index (χ1) is 10.2. The van der Waals surface area contributed by atoms with E-state index in [0.717, 1.165) is 31.4 Å². The predicted molar refractivity (Wildman–Crippen MR) is 86.8 cm³/mol. The van der Waals surface area contributed by atoms with Crippen LogP contribution in [0, 0.1) is 5.92 Å². The van der Waals surface area contributed by atoms with Gasteiger partial charge in [-0.1, -0.05) is 31.9 Å². The third kappa shape index (κ3) is 6.06. The van der Waals surface area contributed by atoms with Gasteiger partial charge in [0.25, 0.3) is 0 Å². The maximum absolute atomic E-state index is 5.85. The van der Waals surface area contributed by atoms with Gasteiger partial charge < -0.3 is 14.8 Å². The Kier molecular flexibility index (Phi) is 6.52. The normalized spacial score (nSPS) is 16.2. The summed E-state index contributed by atoms with van der Waals surface area (Å²) < 4.78 is 11.5. The summed E-state index contributed by atoms with van der Waals surface area (Å²) in [6.45, 7) is 8.80. The molecule has 0 bridgehead atoms. The lowest BCUT2D eigenvalue weighted by atomic mass is 10.1. The Balaban J connectivity index is 1.83. The van der Waals surface area contributed by atoms with E-state index in [1.807, 2.05) is 26.0 Å². The lowest BCUT2D eigenvalue weighted by Crippen LogP contribution is -2.25. The van der Waals surface area contributed by atoms with Gasteiger partial charge in [0, 0.05) is 6.61 Å². The molecule has 0 spiro atoms. The standard InChI is InChI=1S/C18H29NO2/c1-4-19-18(13-20-12-11-15-5-6-15)16-7-9-17(10-8-16)21-14(2)3/h7-10,14-15,18-19H,4-6,11-13H2,1-3H3. The molecule has 0 saturated heterocycles. The Morgan fingerprint density at radius 2 is 1.90 bits per heavy atom. The Bertz CT molecular complexity index is 398. The van der Waals surface area contributed by atoms with Crippen molar-refractivity contribution in [3.8, 4) is 5.75 Å². The smallest absolute Gasteiger partial charge is 0.119 e.